The van der Waals surface area contributed by atoms with E-state index >= 15 is 0 Å². The molecule has 0 aromatic heterocycles. The topological polar surface area (TPSA) is 9.23 Å². The fraction of sp³-hybridized carbons (Fsp3) is 0.263. The number of hydrogen-bond donors (Lipinski definition) is 0. The lowest BCUT2D eigenvalue weighted by molar-refractivity contribution is 0.415. The van der Waals surface area contributed by atoms with E-state index in [4.69, 9.17) is 4.74 Å². The van der Waals surface area contributed by atoms with Gasteiger partial charge in [0, 0.05) is 9.81 Å². The molecule has 2 aromatic rings. The van der Waals surface area contributed by atoms with Crippen molar-refractivity contribution in [1.82, 2.24) is 0 Å². The monoisotopic (exact) mass is 328 g/mol. The van der Waals surface area contributed by atoms with Crippen molar-refractivity contribution in [3.8, 4) is 5.75 Å². The molecule has 0 amide bonds. The van der Waals surface area contributed by atoms with Gasteiger partial charge in [-0.25, -0.2) is 0 Å². The number of ether oxygens (including phenoxy) is 1. The number of aryl methyl sites for hydroxylation is 1. The minimum atomic E-state index is 0.904. The molecule has 0 unspecified atom stereocenters. The highest BCUT2D eigenvalue weighted by atomic mass is 32.2. The van der Waals surface area contributed by atoms with E-state index in [-0.39, 0.29) is 0 Å². The largest absolute Gasteiger partial charge is 0.497 e. The SMILES string of the molecule is COc1ccc(C(=C2SCCCS2)c2ccc(C)cc2)cc1. The standard InChI is InChI=1S/C19H20OS2/c1-14-4-6-15(7-5-14)18(19-21-12-3-13-22-19)16-8-10-17(20-2)11-9-16/h4-11H,3,12-13H2,1-2H3. The van der Waals surface area contributed by atoms with Crippen LogP contribution in [0.3, 0.4) is 0 Å². The first kappa shape index (κ1) is 15.6. The first-order valence-electron chi connectivity index (χ1n) is 7.49. The minimum absolute atomic E-state index is 0.904. The molecule has 0 bridgehead atoms. The molecule has 2 aromatic carbocycles. The molecule has 0 atom stereocenters. The average Bonchev–Trinajstić information content (AvgIpc) is 2.58. The molecule has 0 N–H and O–H groups in total. The Morgan fingerprint density at radius 1 is 0.864 bits per heavy atom. The van der Waals surface area contributed by atoms with E-state index in [1.807, 2.05) is 35.7 Å². The highest BCUT2D eigenvalue weighted by Crippen LogP contribution is 2.43. The third-order valence-electron chi connectivity index (χ3n) is 3.68. The van der Waals surface area contributed by atoms with Crippen molar-refractivity contribution < 1.29 is 4.74 Å². The Labute approximate surface area is 141 Å². The van der Waals surface area contributed by atoms with Crippen LogP contribution in [-0.4, -0.2) is 18.6 Å². The van der Waals surface area contributed by atoms with Crippen LogP contribution in [0.2, 0.25) is 0 Å². The van der Waals surface area contributed by atoms with Gasteiger partial charge in [0.05, 0.1) is 7.11 Å². The molecule has 1 aliphatic rings. The highest BCUT2D eigenvalue weighted by Gasteiger charge is 2.16. The Hall–Kier alpha value is -1.32. The zero-order chi connectivity index (χ0) is 15.4. The normalized spacial score (nSPS) is 14.7. The second kappa shape index (κ2) is 7.30. The van der Waals surface area contributed by atoms with Crippen molar-refractivity contribution in [2.45, 2.75) is 13.3 Å². The van der Waals surface area contributed by atoms with E-state index in [1.54, 1.807) is 7.11 Å². The molecule has 1 fully saturated rings. The molecule has 0 saturated carbocycles. The lowest BCUT2D eigenvalue weighted by Crippen LogP contribution is -1.98. The Morgan fingerprint density at radius 3 is 1.95 bits per heavy atom. The van der Waals surface area contributed by atoms with E-state index in [9.17, 15) is 0 Å². The van der Waals surface area contributed by atoms with Crippen LogP contribution in [0.25, 0.3) is 5.57 Å². The number of rotatable bonds is 3. The van der Waals surface area contributed by atoms with Crippen LogP contribution in [0.4, 0.5) is 0 Å². The molecule has 3 heteroatoms. The van der Waals surface area contributed by atoms with Gasteiger partial charge in [-0.2, -0.15) is 0 Å². The summed E-state index contributed by atoms with van der Waals surface area (Å²) in [5.74, 6) is 3.34. The van der Waals surface area contributed by atoms with Gasteiger partial charge >= 0.3 is 0 Å². The van der Waals surface area contributed by atoms with Crippen LogP contribution in [0.15, 0.2) is 52.8 Å². The molecule has 0 radical (unpaired) electrons. The molecule has 1 heterocycles. The smallest absolute Gasteiger partial charge is 0.118 e. The van der Waals surface area contributed by atoms with E-state index in [2.05, 4.69) is 43.3 Å². The summed E-state index contributed by atoms with van der Waals surface area (Å²) in [4.78, 5) is 0. The van der Waals surface area contributed by atoms with Crippen molar-refractivity contribution in [3.05, 3.63) is 69.5 Å². The number of hydrogen-bond acceptors (Lipinski definition) is 3. The summed E-state index contributed by atoms with van der Waals surface area (Å²) in [6.45, 7) is 2.13. The van der Waals surface area contributed by atoms with Crippen LogP contribution < -0.4 is 4.74 Å². The molecule has 0 spiro atoms. The van der Waals surface area contributed by atoms with Crippen LogP contribution in [-0.2, 0) is 0 Å². The van der Waals surface area contributed by atoms with Crippen molar-refractivity contribution in [2.75, 3.05) is 18.6 Å². The van der Waals surface area contributed by atoms with Crippen molar-refractivity contribution in [3.63, 3.8) is 0 Å². The van der Waals surface area contributed by atoms with E-state index in [0.717, 1.165) is 5.75 Å². The highest BCUT2D eigenvalue weighted by molar-refractivity contribution is 8.23. The molecule has 114 valence electrons. The molecule has 1 saturated heterocycles. The summed E-state index contributed by atoms with van der Waals surface area (Å²) >= 11 is 3.97. The minimum Gasteiger partial charge on any atom is -0.497 e. The maximum atomic E-state index is 5.29. The van der Waals surface area contributed by atoms with E-state index in [0.29, 0.717) is 0 Å². The Balaban J connectivity index is 2.07. The predicted molar refractivity (Wildman–Crippen MR) is 99.7 cm³/mol. The number of thioether (sulfide) groups is 2. The van der Waals surface area contributed by atoms with Crippen LogP contribution in [0, 0.1) is 6.92 Å². The summed E-state index contributed by atoms with van der Waals surface area (Å²) in [6.07, 6.45) is 1.29. The van der Waals surface area contributed by atoms with Gasteiger partial charge in [-0.15, -0.1) is 23.5 Å². The summed E-state index contributed by atoms with van der Waals surface area (Å²) in [7, 11) is 1.71. The lowest BCUT2D eigenvalue weighted by atomic mass is 9.98. The van der Waals surface area contributed by atoms with Crippen molar-refractivity contribution in [1.29, 1.82) is 0 Å². The third-order valence-corrected chi connectivity index (χ3v) is 6.30. The zero-order valence-corrected chi connectivity index (χ0v) is 14.6. The second-order valence-corrected chi connectivity index (χ2v) is 7.78. The van der Waals surface area contributed by atoms with Gasteiger partial charge in [0.1, 0.15) is 5.75 Å². The first-order chi connectivity index (χ1) is 10.8. The van der Waals surface area contributed by atoms with Crippen LogP contribution in [0.5, 0.6) is 5.75 Å². The maximum Gasteiger partial charge on any atom is 0.118 e. The molecule has 22 heavy (non-hydrogen) atoms. The molecule has 1 aliphatic heterocycles. The van der Waals surface area contributed by atoms with Crippen LogP contribution >= 0.6 is 23.5 Å². The van der Waals surface area contributed by atoms with E-state index in [1.165, 1.54) is 44.4 Å². The first-order valence-corrected chi connectivity index (χ1v) is 9.46. The zero-order valence-electron chi connectivity index (χ0n) is 13.0. The Bertz CT molecular complexity index is 649. The summed E-state index contributed by atoms with van der Waals surface area (Å²) < 4.78 is 6.73. The van der Waals surface area contributed by atoms with Crippen molar-refractivity contribution >= 4 is 29.1 Å². The van der Waals surface area contributed by atoms with Gasteiger partial charge in [-0.1, -0.05) is 42.0 Å². The number of methoxy groups -OCH3 is 1. The molecular weight excluding hydrogens is 308 g/mol. The van der Waals surface area contributed by atoms with Crippen molar-refractivity contribution in [2.24, 2.45) is 0 Å². The fourth-order valence-corrected chi connectivity index (χ4v) is 5.18. The summed E-state index contributed by atoms with van der Waals surface area (Å²) in [5.41, 5.74) is 5.22. The van der Waals surface area contributed by atoms with Gasteiger partial charge in [0.25, 0.3) is 0 Å². The molecule has 3 rings (SSSR count). The van der Waals surface area contributed by atoms with Gasteiger partial charge < -0.3 is 4.74 Å². The lowest BCUT2D eigenvalue weighted by Gasteiger charge is -2.19. The predicted octanol–water partition coefficient (Wildman–Crippen LogP) is 5.59. The summed E-state index contributed by atoms with van der Waals surface area (Å²) in [5, 5.41) is 0. The maximum absolute atomic E-state index is 5.29. The fourth-order valence-electron chi connectivity index (χ4n) is 2.45. The third kappa shape index (κ3) is 3.53. The van der Waals surface area contributed by atoms with Gasteiger partial charge in [-0.05, 0) is 48.1 Å². The molecule has 0 aliphatic carbocycles. The van der Waals surface area contributed by atoms with Gasteiger partial charge in [-0.3, -0.25) is 0 Å². The Kier molecular flexibility index (Phi) is 5.16. The quantitative estimate of drug-likeness (QED) is 0.727. The molecule has 1 nitrogen and oxygen atoms in total. The van der Waals surface area contributed by atoms with Gasteiger partial charge in [0.15, 0.2) is 0 Å². The van der Waals surface area contributed by atoms with Gasteiger partial charge in [0.2, 0.25) is 0 Å². The Morgan fingerprint density at radius 2 is 1.41 bits per heavy atom. The summed E-state index contributed by atoms with van der Waals surface area (Å²) in [6, 6.07) is 17.3. The molecular formula is C19H20OS2. The average molecular weight is 329 g/mol. The van der Waals surface area contributed by atoms with E-state index < -0.39 is 0 Å². The number of benzene rings is 2. The van der Waals surface area contributed by atoms with Crippen LogP contribution in [0.1, 0.15) is 23.1 Å². The second-order valence-electron chi connectivity index (χ2n) is 5.31.